The van der Waals surface area contributed by atoms with Crippen molar-refractivity contribution in [3.05, 3.63) is 60.2 Å². The number of aliphatic hydroxyl groups is 1. The molecule has 0 saturated carbocycles. The molecule has 3 aliphatic heterocycles. The molecule has 3 aliphatic rings. The Hall–Kier alpha value is -3.43. The minimum Gasteiger partial charge on any atom is -0.396 e. The van der Waals surface area contributed by atoms with Crippen LogP contribution in [0.25, 0.3) is 0 Å². The molecule has 232 valence electrons. The topological polar surface area (TPSA) is 111 Å². The first-order valence-electron chi connectivity index (χ1n) is 15.9. The molecule has 0 radical (unpaired) electrons. The van der Waals surface area contributed by atoms with Crippen molar-refractivity contribution in [1.29, 1.82) is 0 Å². The van der Waals surface area contributed by atoms with Gasteiger partial charge in [-0.2, -0.15) is 0 Å². The molecular formula is C34H46N4O5. The first-order chi connectivity index (χ1) is 20.8. The highest BCUT2D eigenvalue weighted by molar-refractivity contribution is 6.03. The quantitative estimate of drug-likeness (QED) is 0.286. The van der Waals surface area contributed by atoms with Gasteiger partial charge in [0, 0.05) is 44.2 Å². The molecule has 9 heteroatoms. The van der Waals surface area contributed by atoms with Gasteiger partial charge in [0.2, 0.25) is 17.7 Å². The highest BCUT2D eigenvalue weighted by Crippen LogP contribution is 2.64. The molecule has 43 heavy (non-hydrogen) atoms. The third-order valence-corrected chi connectivity index (χ3v) is 9.84. The average molecular weight is 591 g/mol. The summed E-state index contributed by atoms with van der Waals surface area (Å²) < 4.78 is 6.85. The summed E-state index contributed by atoms with van der Waals surface area (Å²) >= 11 is 0. The Balaban J connectivity index is 1.42. The molecule has 3 fully saturated rings. The Labute approximate surface area is 255 Å². The Morgan fingerprint density at radius 1 is 0.977 bits per heavy atom. The largest absolute Gasteiger partial charge is 0.396 e. The van der Waals surface area contributed by atoms with Gasteiger partial charge >= 0.3 is 0 Å². The Morgan fingerprint density at radius 3 is 2.35 bits per heavy atom. The number of anilines is 2. The lowest BCUT2D eigenvalue weighted by atomic mass is 9.65. The van der Waals surface area contributed by atoms with Crippen LogP contribution in [0.4, 0.5) is 11.4 Å². The minimum atomic E-state index is -1.07. The molecule has 3 heterocycles. The summed E-state index contributed by atoms with van der Waals surface area (Å²) in [4.78, 5) is 46.2. The summed E-state index contributed by atoms with van der Waals surface area (Å²) in [6.07, 6.45) is 3.77. The molecule has 9 nitrogen and oxygen atoms in total. The number of nitrogens with one attached hydrogen (secondary N) is 2. The SMILES string of the molecule is CCN(CC)c1ccc(NC(=O)C2N(CCCCCO)C(=O)[C@@H]3[C@@H](C(=O)NCc4ccccc4)[C@@]4(CC)CCC23O4)cc1. The van der Waals surface area contributed by atoms with Gasteiger partial charge in [-0.25, -0.2) is 0 Å². The summed E-state index contributed by atoms with van der Waals surface area (Å²) in [5.74, 6) is -2.06. The number of ether oxygens (including phenoxy) is 1. The zero-order chi connectivity index (χ0) is 30.6. The smallest absolute Gasteiger partial charge is 0.250 e. The number of rotatable bonds is 14. The van der Waals surface area contributed by atoms with Gasteiger partial charge in [0.1, 0.15) is 11.6 Å². The number of carbonyl (C=O) groups excluding carboxylic acids is 3. The van der Waals surface area contributed by atoms with Crippen LogP contribution in [-0.2, 0) is 25.7 Å². The van der Waals surface area contributed by atoms with Crippen LogP contribution in [0.2, 0.25) is 0 Å². The summed E-state index contributed by atoms with van der Waals surface area (Å²) in [5, 5.41) is 15.4. The van der Waals surface area contributed by atoms with E-state index < -0.39 is 29.1 Å². The van der Waals surface area contributed by atoms with Crippen molar-refractivity contribution in [3.63, 3.8) is 0 Å². The van der Waals surface area contributed by atoms with Crippen molar-refractivity contribution in [1.82, 2.24) is 10.2 Å². The van der Waals surface area contributed by atoms with Crippen LogP contribution < -0.4 is 15.5 Å². The number of benzene rings is 2. The van der Waals surface area contributed by atoms with Crippen LogP contribution in [0, 0.1) is 11.8 Å². The molecule has 5 rings (SSSR count). The van der Waals surface area contributed by atoms with Crippen LogP contribution >= 0.6 is 0 Å². The van der Waals surface area contributed by atoms with Crippen molar-refractivity contribution in [2.24, 2.45) is 11.8 Å². The second-order valence-electron chi connectivity index (χ2n) is 12.1. The minimum absolute atomic E-state index is 0.0830. The second-order valence-corrected chi connectivity index (χ2v) is 12.1. The average Bonchev–Trinajstić information content (AvgIpc) is 3.63. The summed E-state index contributed by atoms with van der Waals surface area (Å²) in [5.41, 5.74) is 0.865. The number of fused-ring (bicyclic) bond motifs is 1. The first-order valence-corrected chi connectivity index (χ1v) is 15.9. The highest BCUT2D eigenvalue weighted by atomic mass is 16.5. The maximum absolute atomic E-state index is 14.3. The lowest BCUT2D eigenvalue weighted by Crippen LogP contribution is -2.53. The number of aliphatic hydroxyl groups excluding tert-OH is 1. The first kappa shape index (κ1) is 31.0. The molecular weight excluding hydrogens is 544 g/mol. The number of unbranched alkanes of at least 4 members (excludes halogenated alkanes) is 2. The van der Waals surface area contributed by atoms with Gasteiger partial charge < -0.3 is 30.3 Å². The van der Waals surface area contributed by atoms with Crippen LogP contribution in [-0.4, -0.2) is 71.2 Å². The van der Waals surface area contributed by atoms with Crippen LogP contribution in [0.3, 0.4) is 0 Å². The van der Waals surface area contributed by atoms with Crippen molar-refractivity contribution >= 4 is 29.1 Å². The van der Waals surface area contributed by atoms with Crippen molar-refractivity contribution < 1.29 is 24.2 Å². The van der Waals surface area contributed by atoms with E-state index >= 15 is 0 Å². The van der Waals surface area contributed by atoms with E-state index in [0.717, 1.165) is 30.8 Å². The Kier molecular flexibility index (Phi) is 9.42. The van der Waals surface area contributed by atoms with E-state index in [9.17, 15) is 19.5 Å². The van der Waals surface area contributed by atoms with Crippen LogP contribution in [0.5, 0.6) is 0 Å². The molecule has 2 unspecified atom stereocenters. The van der Waals surface area contributed by atoms with Gasteiger partial charge in [-0.3, -0.25) is 14.4 Å². The van der Waals surface area contributed by atoms with E-state index in [1.165, 1.54) is 0 Å². The van der Waals surface area contributed by atoms with Gasteiger partial charge in [0.05, 0.1) is 17.4 Å². The number of likely N-dealkylation sites (tertiary alicyclic amines) is 1. The molecule has 3 N–H and O–H groups in total. The van der Waals surface area contributed by atoms with Gasteiger partial charge in [-0.05, 0) is 82.2 Å². The molecule has 0 aromatic heterocycles. The second kappa shape index (κ2) is 13.1. The summed E-state index contributed by atoms with van der Waals surface area (Å²) in [6.45, 7) is 8.81. The number of amides is 3. The fraction of sp³-hybridized carbons (Fsp3) is 0.559. The molecule has 0 aliphatic carbocycles. The fourth-order valence-electron chi connectivity index (χ4n) is 7.68. The lowest BCUT2D eigenvalue weighted by Gasteiger charge is -2.34. The predicted octanol–water partition coefficient (Wildman–Crippen LogP) is 4.11. The number of carbonyl (C=O) groups is 3. The molecule has 2 aromatic rings. The van der Waals surface area contributed by atoms with E-state index in [0.29, 0.717) is 50.9 Å². The number of hydrogen-bond acceptors (Lipinski definition) is 6. The van der Waals surface area contributed by atoms with Gasteiger partial charge in [-0.1, -0.05) is 37.3 Å². The lowest BCUT2D eigenvalue weighted by molar-refractivity contribution is -0.146. The summed E-state index contributed by atoms with van der Waals surface area (Å²) in [7, 11) is 0. The maximum Gasteiger partial charge on any atom is 0.250 e. The number of hydrogen-bond donors (Lipinski definition) is 3. The fourth-order valence-corrected chi connectivity index (χ4v) is 7.68. The maximum atomic E-state index is 14.3. The third-order valence-electron chi connectivity index (χ3n) is 9.84. The van der Waals surface area contributed by atoms with E-state index in [4.69, 9.17) is 4.74 Å². The van der Waals surface area contributed by atoms with Gasteiger partial charge in [0.15, 0.2) is 0 Å². The Bertz CT molecular complexity index is 1280. The van der Waals surface area contributed by atoms with Crippen molar-refractivity contribution in [3.8, 4) is 0 Å². The zero-order valence-electron chi connectivity index (χ0n) is 25.7. The summed E-state index contributed by atoms with van der Waals surface area (Å²) in [6, 6.07) is 16.6. The highest BCUT2D eigenvalue weighted by Gasteiger charge is 2.78. The normalized spacial score (nSPS) is 27.3. The molecule has 2 aromatic carbocycles. The van der Waals surface area contributed by atoms with Crippen molar-refractivity contribution in [2.75, 3.05) is 36.5 Å². The third kappa shape index (κ3) is 5.65. The van der Waals surface area contributed by atoms with Crippen LogP contribution in [0.15, 0.2) is 54.6 Å². The Morgan fingerprint density at radius 2 is 1.70 bits per heavy atom. The molecule has 5 atom stereocenters. The predicted molar refractivity (Wildman–Crippen MR) is 166 cm³/mol. The number of nitrogens with zero attached hydrogens (tertiary/aromatic N) is 2. The van der Waals surface area contributed by atoms with E-state index in [2.05, 4.69) is 29.4 Å². The molecule has 2 bridgehead atoms. The standard InChI is InChI=1S/C34H46N4O5/c1-4-33-19-20-34(43-33)28(27(33)30(40)35-23-24-13-9-7-10-14-24)32(42)38(21-11-8-12-22-39)29(34)31(41)36-25-15-17-26(18-16-25)37(5-2)6-3/h7,9-10,13-18,27-29,39H,4-6,8,11-12,19-23H2,1-3H3,(H,35,40)(H,36,41)/t27-,28-,29?,33+,34?/m0/s1. The van der Waals surface area contributed by atoms with E-state index in [-0.39, 0.29) is 24.3 Å². The van der Waals surface area contributed by atoms with Gasteiger partial charge in [-0.15, -0.1) is 0 Å². The molecule has 3 saturated heterocycles. The van der Waals surface area contributed by atoms with Crippen molar-refractivity contribution in [2.45, 2.75) is 83.1 Å². The van der Waals surface area contributed by atoms with E-state index in [1.807, 2.05) is 61.5 Å². The molecule has 3 amide bonds. The van der Waals surface area contributed by atoms with Gasteiger partial charge in [0.25, 0.3) is 0 Å². The zero-order valence-corrected chi connectivity index (χ0v) is 25.7. The molecule has 1 spiro atoms. The monoisotopic (exact) mass is 590 g/mol. The van der Waals surface area contributed by atoms with Crippen LogP contribution in [0.1, 0.15) is 64.9 Å². The van der Waals surface area contributed by atoms with E-state index in [1.54, 1.807) is 4.90 Å².